The Morgan fingerprint density at radius 3 is 2.80 bits per heavy atom. The average Bonchev–Trinajstić information content (AvgIpc) is 3.21. The first-order valence-corrected chi connectivity index (χ1v) is 9.90. The van der Waals surface area contributed by atoms with Gasteiger partial charge in [0.1, 0.15) is 0 Å². The van der Waals surface area contributed by atoms with Crippen LogP contribution in [0.3, 0.4) is 0 Å². The number of nitrogens with one attached hydrogen (secondary N) is 2. The van der Waals surface area contributed by atoms with Crippen LogP contribution >= 0.6 is 11.3 Å². The number of hydrogen-bond donors (Lipinski definition) is 2. The summed E-state index contributed by atoms with van der Waals surface area (Å²) in [5.41, 5.74) is 0.613. The van der Waals surface area contributed by atoms with Gasteiger partial charge in [0.25, 0.3) is 5.91 Å². The number of hydrogen-bond acceptors (Lipinski definition) is 6. The molecule has 0 spiro atoms. The monoisotopic (exact) mass is 379 g/mol. The number of carbonyl (C=O) groups is 1. The summed E-state index contributed by atoms with van der Waals surface area (Å²) in [6.45, 7) is 4.24. The molecule has 0 saturated carbocycles. The molecule has 25 heavy (non-hydrogen) atoms. The quantitative estimate of drug-likeness (QED) is 0.685. The fraction of sp³-hybridized carbons (Fsp3) is 0.250. The number of aromatic nitrogens is 1. The van der Waals surface area contributed by atoms with Gasteiger partial charge in [-0.1, -0.05) is 25.2 Å². The Morgan fingerprint density at radius 2 is 2.12 bits per heavy atom. The molecule has 3 rings (SSSR count). The maximum Gasteiger partial charge on any atom is 0.293 e. The molecule has 0 aliphatic heterocycles. The lowest BCUT2D eigenvalue weighted by molar-refractivity contribution is 0.0996. The molecule has 0 radical (unpaired) electrons. The van der Waals surface area contributed by atoms with Crippen molar-refractivity contribution in [1.82, 2.24) is 9.71 Å². The number of nitrogens with zero attached hydrogens (tertiary/aromatic N) is 1. The number of sulfonamides is 1. The third kappa shape index (κ3) is 4.06. The summed E-state index contributed by atoms with van der Waals surface area (Å²) < 4.78 is 32.9. The molecule has 0 aliphatic carbocycles. The second-order valence-corrected chi connectivity index (χ2v) is 8.62. The maximum atomic E-state index is 12.3. The zero-order valence-electron chi connectivity index (χ0n) is 13.6. The van der Waals surface area contributed by atoms with Crippen molar-refractivity contribution in [1.29, 1.82) is 0 Å². The maximum absolute atomic E-state index is 12.3. The molecule has 0 bridgehead atoms. The highest BCUT2D eigenvalue weighted by molar-refractivity contribution is 7.89. The SMILES string of the molecule is CC(C)CNS(=O)(=O)c1ccc2nc(NC(=O)c3ccco3)sc2c1. The topological polar surface area (TPSA) is 101 Å². The molecule has 0 unspecified atom stereocenters. The number of benzene rings is 1. The lowest BCUT2D eigenvalue weighted by Crippen LogP contribution is -2.27. The summed E-state index contributed by atoms with van der Waals surface area (Å²) >= 11 is 1.20. The van der Waals surface area contributed by atoms with Gasteiger partial charge in [0.05, 0.1) is 21.4 Å². The first-order valence-electron chi connectivity index (χ1n) is 7.60. The Hall–Kier alpha value is -2.23. The van der Waals surface area contributed by atoms with Crippen molar-refractivity contribution in [3.05, 3.63) is 42.4 Å². The van der Waals surface area contributed by atoms with Crippen LogP contribution in [0.5, 0.6) is 0 Å². The third-order valence-corrected chi connectivity index (χ3v) is 5.67. The second-order valence-electron chi connectivity index (χ2n) is 5.83. The fourth-order valence-electron chi connectivity index (χ4n) is 2.05. The standard InChI is InChI=1S/C16H17N3O4S2/c1-10(2)9-17-25(21,22)11-5-6-12-14(8-11)24-16(18-12)19-15(20)13-4-3-7-23-13/h3-8,10,17H,9H2,1-2H3,(H,18,19,20). The fourth-order valence-corrected chi connectivity index (χ4v) is 4.27. The molecule has 2 heterocycles. The lowest BCUT2D eigenvalue weighted by Gasteiger charge is -2.08. The smallest absolute Gasteiger partial charge is 0.293 e. The van der Waals surface area contributed by atoms with E-state index in [0.29, 0.717) is 21.9 Å². The Labute approximate surface area is 149 Å². The third-order valence-electron chi connectivity index (χ3n) is 3.32. The van der Waals surface area contributed by atoms with Crippen LogP contribution in [0.4, 0.5) is 5.13 Å². The van der Waals surface area contributed by atoms with Crippen molar-refractivity contribution in [2.45, 2.75) is 18.7 Å². The molecular weight excluding hydrogens is 362 g/mol. The Balaban J connectivity index is 1.83. The van der Waals surface area contributed by atoms with Crippen molar-refractivity contribution in [3.63, 3.8) is 0 Å². The van der Waals surface area contributed by atoms with Gasteiger partial charge in [-0.2, -0.15) is 0 Å². The predicted octanol–water partition coefficient (Wildman–Crippen LogP) is 3.08. The molecule has 2 aromatic heterocycles. The van der Waals surface area contributed by atoms with E-state index >= 15 is 0 Å². The van der Waals surface area contributed by atoms with E-state index in [1.165, 1.54) is 23.7 Å². The summed E-state index contributed by atoms with van der Waals surface area (Å²) in [6, 6.07) is 7.85. The Morgan fingerprint density at radius 1 is 1.32 bits per heavy atom. The number of anilines is 1. The second kappa shape index (κ2) is 6.95. The molecular formula is C16H17N3O4S2. The minimum atomic E-state index is -3.57. The van der Waals surface area contributed by atoms with E-state index in [9.17, 15) is 13.2 Å². The number of thiazole rings is 1. The van der Waals surface area contributed by atoms with E-state index in [1.54, 1.807) is 24.3 Å². The van der Waals surface area contributed by atoms with Gasteiger partial charge in [-0.05, 0) is 36.2 Å². The molecule has 9 heteroatoms. The summed E-state index contributed by atoms with van der Waals surface area (Å²) in [5, 5.41) is 3.02. The molecule has 7 nitrogen and oxygen atoms in total. The van der Waals surface area contributed by atoms with E-state index in [1.807, 2.05) is 13.8 Å². The minimum Gasteiger partial charge on any atom is -0.459 e. The van der Waals surface area contributed by atoms with Crippen molar-refractivity contribution in [3.8, 4) is 0 Å². The van der Waals surface area contributed by atoms with Crippen LogP contribution < -0.4 is 10.0 Å². The van der Waals surface area contributed by atoms with E-state index in [2.05, 4.69) is 15.0 Å². The van der Waals surface area contributed by atoms with Gasteiger partial charge in [0.2, 0.25) is 10.0 Å². The van der Waals surface area contributed by atoms with Crippen LogP contribution in [0.2, 0.25) is 0 Å². The van der Waals surface area contributed by atoms with Crippen molar-refractivity contribution in [2.75, 3.05) is 11.9 Å². The van der Waals surface area contributed by atoms with Gasteiger partial charge < -0.3 is 4.42 Å². The molecule has 0 aliphatic rings. The van der Waals surface area contributed by atoms with Crippen molar-refractivity contribution >= 4 is 42.6 Å². The van der Waals surface area contributed by atoms with Gasteiger partial charge >= 0.3 is 0 Å². The van der Waals surface area contributed by atoms with Crippen LogP contribution in [0.1, 0.15) is 24.4 Å². The molecule has 0 atom stereocenters. The molecule has 132 valence electrons. The first kappa shape index (κ1) is 17.6. The van der Waals surface area contributed by atoms with Gasteiger partial charge in [0, 0.05) is 6.54 Å². The van der Waals surface area contributed by atoms with Crippen LogP contribution in [0.15, 0.2) is 45.9 Å². The minimum absolute atomic E-state index is 0.174. The normalized spacial score (nSPS) is 12.0. The highest BCUT2D eigenvalue weighted by atomic mass is 32.2. The van der Waals surface area contributed by atoms with Gasteiger partial charge in [-0.15, -0.1) is 0 Å². The molecule has 0 saturated heterocycles. The van der Waals surface area contributed by atoms with Crippen LogP contribution in [0.25, 0.3) is 10.2 Å². The molecule has 2 N–H and O–H groups in total. The van der Waals surface area contributed by atoms with Crippen molar-refractivity contribution < 1.29 is 17.6 Å². The van der Waals surface area contributed by atoms with E-state index in [4.69, 9.17) is 4.42 Å². The van der Waals surface area contributed by atoms with E-state index < -0.39 is 15.9 Å². The summed E-state index contributed by atoms with van der Waals surface area (Å²) in [5.74, 6) is -0.0127. The van der Waals surface area contributed by atoms with Crippen LogP contribution in [-0.2, 0) is 10.0 Å². The highest BCUT2D eigenvalue weighted by Crippen LogP contribution is 2.28. The summed E-state index contributed by atoms with van der Waals surface area (Å²) in [7, 11) is -3.57. The predicted molar refractivity (Wildman–Crippen MR) is 96.3 cm³/mol. The average molecular weight is 379 g/mol. The van der Waals surface area contributed by atoms with Gasteiger partial charge in [-0.25, -0.2) is 18.1 Å². The number of fused-ring (bicyclic) bond motifs is 1. The first-order chi connectivity index (χ1) is 11.8. The zero-order chi connectivity index (χ0) is 18.0. The van der Waals surface area contributed by atoms with E-state index in [0.717, 1.165) is 0 Å². The van der Waals surface area contributed by atoms with Gasteiger partial charge in [-0.3, -0.25) is 10.1 Å². The van der Waals surface area contributed by atoms with Crippen LogP contribution in [-0.4, -0.2) is 25.9 Å². The lowest BCUT2D eigenvalue weighted by atomic mass is 10.2. The molecule has 3 aromatic rings. The summed E-state index contributed by atoms with van der Waals surface area (Å²) in [4.78, 5) is 16.4. The van der Waals surface area contributed by atoms with Gasteiger partial charge in [0.15, 0.2) is 10.9 Å². The zero-order valence-corrected chi connectivity index (χ0v) is 15.3. The highest BCUT2D eigenvalue weighted by Gasteiger charge is 2.17. The number of amides is 1. The summed E-state index contributed by atoms with van der Waals surface area (Å²) in [6.07, 6.45) is 1.41. The number of rotatable bonds is 6. The largest absolute Gasteiger partial charge is 0.459 e. The van der Waals surface area contributed by atoms with Crippen molar-refractivity contribution in [2.24, 2.45) is 5.92 Å². The molecule has 1 aromatic carbocycles. The Kier molecular flexibility index (Phi) is 4.89. The number of carbonyl (C=O) groups excluding carboxylic acids is 1. The van der Waals surface area contributed by atoms with Crippen LogP contribution in [0, 0.1) is 5.92 Å². The number of furan rings is 1. The van der Waals surface area contributed by atoms with E-state index in [-0.39, 0.29) is 16.6 Å². The molecule has 0 fully saturated rings. The Bertz CT molecular complexity index is 992. The molecule has 1 amide bonds.